The normalized spacial score (nSPS) is 15.2. The number of benzene rings is 1. The SMILES string of the molecule is O=C(CCn1cnc2ccc(Br)cc2c1=O)N1CCOCC1. The second kappa shape index (κ2) is 6.58. The summed E-state index contributed by atoms with van der Waals surface area (Å²) in [5.41, 5.74) is 0.532. The van der Waals surface area contributed by atoms with Crippen molar-refractivity contribution in [2.45, 2.75) is 13.0 Å². The van der Waals surface area contributed by atoms with Crippen molar-refractivity contribution >= 4 is 32.7 Å². The van der Waals surface area contributed by atoms with Crippen LogP contribution < -0.4 is 5.56 Å². The maximum Gasteiger partial charge on any atom is 0.261 e. The number of halogens is 1. The Kier molecular flexibility index (Phi) is 4.54. The molecule has 0 bridgehead atoms. The average molecular weight is 366 g/mol. The molecule has 1 aromatic carbocycles. The molecule has 1 aliphatic rings. The second-order valence-electron chi connectivity index (χ2n) is 5.15. The molecule has 1 aromatic heterocycles. The number of carbonyl (C=O) groups excluding carboxylic acids is 1. The molecule has 0 spiro atoms. The molecule has 6 nitrogen and oxygen atoms in total. The van der Waals surface area contributed by atoms with E-state index in [-0.39, 0.29) is 11.5 Å². The first-order valence-electron chi connectivity index (χ1n) is 7.15. The molecular formula is C15H16BrN3O3. The van der Waals surface area contributed by atoms with Gasteiger partial charge in [0.15, 0.2) is 0 Å². The van der Waals surface area contributed by atoms with Crippen molar-refractivity contribution in [3.05, 3.63) is 39.4 Å². The second-order valence-corrected chi connectivity index (χ2v) is 6.06. The van der Waals surface area contributed by atoms with Gasteiger partial charge in [0.25, 0.3) is 5.56 Å². The number of ether oxygens (including phenoxy) is 1. The summed E-state index contributed by atoms with van der Waals surface area (Å²) in [5.74, 6) is 0.0459. The van der Waals surface area contributed by atoms with Gasteiger partial charge in [-0.05, 0) is 18.2 Å². The van der Waals surface area contributed by atoms with E-state index < -0.39 is 0 Å². The third kappa shape index (κ3) is 3.20. The predicted octanol–water partition coefficient (Wildman–Crippen LogP) is 1.41. The van der Waals surface area contributed by atoms with Gasteiger partial charge in [0.2, 0.25) is 5.91 Å². The van der Waals surface area contributed by atoms with E-state index in [0.29, 0.717) is 50.2 Å². The van der Waals surface area contributed by atoms with Gasteiger partial charge in [-0.1, -0.05) is 15.9 Å². The molecule has 1 aliphatic heterocycles. The molecule has 0 radical (unpaired) electrons. The number of carbonyl (C=O) groups is 1. The van der Waals surface area contributed by atoms with Gasteiger partial charge < -0.3 is 9.64 Å². The van der Waals surface area contributed by atoms with Crippen molar-refractivity contribution in [1.82, 2.24) is 14.5 Å². The molecule has 2 aromatic rings. The quantitative estimate of drug-likeness (QED) is 0.824. The zero-order chi connectivity index (χ0) is 15.5. The molecule has 3 rings (SSSR count). The number of nitrogens with zero attached hydrogens (tertiary/aromatic N) is 3. The number of amides is 1. The van der Waals surface area contributed by atoms with Crippen molar-refractivity contribution < 1.29 is 9.53 Å². The van der Waals surface area contributed by atoms with Crippen molar-refractivity contribution in [1.29, 1.82) is 0 Å². The fraction of sp³-hybridized carbons (Fsp3) is 0.400. The number of rotatable bonds is 3. The molecule has 0 unspecified atom stereocenters. The van der Waals surface area contributed by atoms with E-state index in [1.165, 1.54) is 10.9 Å². The maximum absolute atomic E-state index is 12.4. The number of aromatic nitrogens is 2. The van der Waals surface area contributed by atoms with Crippen LogP contribution in [0.25, 0.3) is 10.9 Å². The van der Waals surface area contributed by atoms with Crippen LogP contribution in [0.2, 0.25) is 0 Å². The van der Waals surface area contributed by atoms with Crippen molar-refractivity contribution in [3.8, 4) is 0 Å². The molecule has 1 amide bonds. The maximum atomic E-state index is 12.4. The summed E-state index contributed by atoms with van der Waals surface area (Å²) < 4.78 is 7.56. The van der Waals surface area contributed by atoms with Gasteiger partial charge in [-0.2, -0.15) is 0 Å². The lowest BCUT2D eigenvalue weighted by atomic mass is 10.2. The van der Waals surface area contributed by atoms with Gasteiger partial charge in [-0.3, -0.25) is 14.2 Å². The number of hydrogen-bond donors (Lipinski definition) is 0. The lowest BCUT2D eigenvalue weighted by Gasteiger charge is -2.26. The highest BCUT2D eigenvalue weighted by Crippen LogP contribution is 2.14. The van der Waals surface area contributed by atoms with E-state index in [0.717, 1.165) is 4.47 Å². The number of aryl methyl sites for hydroxylation is 1. The zero-order valence-corrected chi connectivity index (χ0v) is 13.6. The third-order valence-electron chi connectivity index (χ3n) is 3.72. The molecule has 116 valence electrons. The smallest absolute Gasteiger partial charge is 0.261 e. The van der Waals surface area contributed by atoms with Crippen molar-refractivity contribution in [2.75, 3.05) is 26.3 Å². The van der Waals surface area contributed by atoms with Gasteiger partial charge >= 0.3 is 0 Å². The van der Waals surface area contributed by atoms with E-state index in [9.17, 15) is 9.59 Å². The van der Waals surface area contributed by atoms with Gasteiger partial charge in [0.05, 0.1) is 30.4 Å². The standard InChI is InChI=1S/C15H16BrN3O3/c16-11-1-2-13-12(9-11)15(21)19(10-17-13)4-3-14(20)18-5-7-22-8-6-18/h1-2,9-10H,3-8H2. The van der Waals surface area contributed by atoms with Crippen LogP contribution in [0.15, 0.2) is 33.8 Å². The molecule has 0 N–H and O–H groups in total. The Morgan fingerprint density at radius 3 is 2.86 bits per heavy atom. The Labute approximate surface area is 135 Å². The Hall–Kier alpha value is -1.73. The van der Waals surface area contributed by atoms with Crippen LogP contribution in [0.4, 0.5) is 0 Å². The van der Waals surface area contributed by atoms with E-state index in [4.69, 9.17) is 4.74 Å². The molecule has 0 atom stereocenters. The van der Waals surface area contributed by atoms with Crippen LogP contribution in [-0.4, -0.2) is 46.7 Å². The van der Waals surface area contributed by atoms with E-state index in [1.54, 1.807) is 17.0 Å². The summed E-state index contributed by atoms with van der Waals surface area (Å²) in [6.07, 6.45) is 1.80. The van der Waals surface area contributed by atoms with Crippen LogP contribution in [0.3, 0.4) is 0 Å². The van der Waals surface area contributed by atoms with Gasteiger partial charge in [0, 0.05) is 30.5 Å². The topological polar surface area (TPSA) is 64.4 Å². The van der Waals surface area contributed by atoms with Crippen molar-refractivity contribution in [3.63, 3.8) is 0 Å². The summed E-state index contributed by atoms with van der Waals surface area (Å²) in [5, 5.41) is 0.552. The van der Waals surface area contributed by atoms with E-state index >= 15 is 0 Å². The number of fused-ring (bicyclic) bond motifs is 1. The Morgan fingerprint density at radius 1 is 1.32 bits per heavy atom. The minimum atomic E-state index is -0.124. The lowest BCUT2D eigenvalue weighted by molar-refractivity contribution is -0.135. The fourth-order valence-corrected chi connectivity index (χ4v) is 2.84. The Balaban J connectivity index is 1.75. The van der Waals surface area contributed by atoms with Gasteiger partial charge in [-0.15, -0.1) is 0 Å². The minimum Gasteiger partial charge on any atom is -0.378 e. The molecule has 2 heterocycles. The van der Waals surface area contributed by atoms with E-state index in [2.05, 4.69) is 20.9 Å². The average Bonchev–Trinajstić information content (AvgIpc) is 2.55. The fourth-order valence-electron chi connectivity index (χ4n) is 2.48. The summed E-state index contributed by atoms with van der Waals surface area (Å²) >= 11 is 3.36. The molecule has 22 heavy (non-hydrogen) atoms. The van der Waals surface area contributed by atoms with Crippen LogP contribution >= 0.6 is 15.9 Å². The van der Waals surface area contributed by atoms with Crippen LogP contribution in [0, 0.1) is 0 Å². The highest BCUT2D eigenvalue weighted by molar-refractivity contribution is 9.10. The van der Waals surface area contributed by atoms with E-state index in [1.807, 2.05) is 6.07 Å². The molecule has 1 saturated heterocycles. The Bertz CT molecular complexity index is 753. The molecular weight excluding hydrogens is 350 g/mol. The zero-order valence-electron chi connectivity index (χ0n) is 12.0. The molecule has 7 heteroatoms. The van der Waals surface area contributed by atoms with Crippen LogP contribution in [0.5, 0.6) is 0 Å². The first-order chi connectivity index (χ1) is 10.6. The number of hydrogen-bond acceptors (Lipinski definition) is 4. The molecule has 0 saturated carbocycles. The minimum absolute atomic E-state index is 0.0459. The predicted molar refractivity (Wildman–Crippen MR) is 85.7 cm³/mol. The monoisotopic (exact) mass is 365 g/mol. The van der Waals surface area contributed by atoms with Crippen LogP contribution in [0.1, 0.15) is 6.42 Å². The van der Waals surface area contributed by atoms with Crippen molar-refractivity contribution in [2.24, 2.45) is 0 Å². The highest BCUT2D eigenvalue weighted by Gasteiger charge is 2.16. The first kappa shape index (κ1) is 15.2. The van der Waals surface area contributed by atoms with Gasteiger partial charge in [-0.25, -0.2) is 4.98 Å². The Morgan fingerprint density at radius 2 is 2.09 bits per heavy atom. The lowest BCUT2D eigenvalue weighted by Crippen LogP contribution is -2.41. The van der Waals surface area contributed by atoms with Crippen LogP contribution in [-0.2, 0) is 16.1 Å². The summed E-state index contributed by atoms with van der Waals surface area (Å²) in [7, 11) is 0. The highest BCUT2D eigenvalue weighted by atomic mass is 79.9. The number of morpholine rings is 1. The summed E-state index contributed by atoms with van der Waals surface area (Å²) in [6.45, 7) is 2.74. The molecule has 0 aliphatic carbocycles. The molecule has 1 fully saturated rings. The largest absolute Gasteiger partial charge is 0.378 e. The first-order valence-corrected chi connectivity index (χ1v) is 7.95. The summed E-state index contributed by atoms with van der Waals surface area (Å²) in [4.78, 5) is 30.6. The summed E-state index contributed by atoms with van der Waals surface area (Å²) in [6, 6.07) is 5.40. The van der Waals surface area contributed by atoms with Gasteiger partial charge in [0.1, 0.15) is 0 Å². The third-order valence-corrected chi connectivity index (χ3v) is 4.21.